The summed E-state index contributed by atoms with van der Waals surface area (Å²) in [6.07, 6.45) is 9.37. The zero-order chi connectivity index (χ0) is 29.2. The Bertz CT molecular complexity index is 1390. The second-order valence-corrected chi connectivity index (χ2v) is 10.7. The zero-order valence-corrected chi connectivity index (χ0v) is 24.5. The molecule has 1 aliphatic rings. The summed E-state index contributed by atoms with van der Waals surface area (Å²) in [6, 6.07) is 11.9. The minimum atomic E-state index is -0.279. The molecule has 9 heteroatoms. The fourth-order valence-electron chi connectivity index (χ4n) is 5.46. The maximum Gasteiger partial charge on any atom is 0.347 e. The first kappa shape index (κ1) is 30.1. The van der Waals surface area contributed by atoms with Crippen molar-refractivity contribution in [2.45, 2.75) is 71.9 Å². The number of ether oxygens (including phenoxy) is 1. The van der Waals surface area contributed by atoms with E-state index in [4.69, 9.17) is 4.74 Å². The molecule has 1 aromatic carbocycles. The lowest BCUT2D eigenvalue weighted by Crippen LogP contribution is -2.37. The van der Waals surface area contributed by atoms with Crippen molar-refractivity contribution in [2.24, 2.45) is 0 Å². The van der Waals surface area contributed by atoms with Gasteiger partial charge in [-0.1, -0.05) is 31.4 Å². The summed E-state index contributed by atoms with van der Waals surface area (Å²) in [5.74, 6) is -0.0503. The number of aromatic nitrogens is 3. The van der Waals surface area contributed by atoms with E-state index in [2.05, 4.69) is 16.0 Å². The zero-order valence-electron chi connectivity index (χ0n) is 24.5. The monoisotopic (exact) mass is 559 g/mol. The van der Waals surface area contributed by atoms with Crippen molar-refractivity contribution in [1.29, 1.82) is 0 Å². The van der Waals surface area contributed by atoms with Gasteiger partial charge < -0.3 is 14.5 Å². The van der Waals surface area contributed by atoms with Crippen LogP contribution in [0.15, 0.2) is 53.6 Å². The second kappa shape index (κ2) is 14.7. The lowest BCUT2D eigenvalue weighted by Gasteiger charge is -2.30. The van der Waals surface area contributed by atoms with Gasteiger partial charge in [-0.15, -0.1) is 0 Å². The number of pyridine rings is 1. The van der Waals surface area contributed by atoms with Crippen LogP contribution in [0.4, 0.5) is 5.69 Å². The van der Waals surface area contributed by atoms with Crippen LogP contribution in [0.5, 0.6) is 0 Å². The fraction of sp³-hybridized carbons (Fsp3) is 0.469. The van der Waals surface area contributed by atoms with Gasteiger partial charge in [-0.25, -0.2) is 4.79 Å². The highest BCUT2D eigenvalue weighted by molar-refractivity contribution is 5.95. The van der Waals surface area contributed by atoms with Crippen molar-refractivity contribution >= 4 is 17.5 Å². The number of aryl methyl sites for hydroxylation is 2. The number of fused-ring (bicyclic) bond motifs is 1. The van der Waals surface area contributed by atoms with Crippen LogP contribution < -0.4 is 10.6 Å². The third kappa shape index (κ3) is 8.10. The van der Waals surface area contributed by atoms with Crippen LogP contribution in [0.25, 0.3) is 11.1 Å². The Morgan fingerprint density at radius 1 is 0.951 bits per heavy atom. The molecule has 0 unspecified atom stereocenters. The topological polar surface area (TPSA) is 97.6 Å². The first-order chi connectivity index (χ1) is 19.9. The maximum atomic E-state index is 13.6. The summed E-state index contributed by atoms with van der Waals surface area (Å²) < 4.78 is 6.84. The van der Waals surface area contributed by atoms with Gasteiger partial charge in [0.1, 0.15) is 6.61 Å². The molecule has 0 aliphatic carbocycles. The number of hydrogen-bond donors (Lipinski definition) is 0. The second-order valence-electron chi connectivity index (χ2n) is 10.7. The number of carbonyl (C=O) groups is 2. The molecule has 0 bridgehead atoms. The van der Waals surface area contributed by atoms with Crippen LogP contribution in [0.2, 0.25) is 0 Å². The Balaban J connectivity index is 1.62. The minimum absolute atomic E-state index is 0.000898. The minimum Gasteiger partial charge on any atom is -0.375 e. The summed E-state index contributed by atoms with van der Waals surface area (Å²) >= 11 is 0. The number of amides is 2. The third-order valence-electron chi connectivity index (χ3n) is 7.58. The van der Waals surface area contributed by atoms with E-state index in [9.17, 15) is 14.4 Å². The summed E-state index contributed by atoms with van der Waals surface area (Å²) in [5, 5.41) is 0. The van der Waals surface area contributed by atoms with E-state index in [-0.39, 0.29) is 24.1 Å². The number of methoxy groups -OCH3 is 1. The van der Waals surface area contributed by atoms with Gasteiger partial charge in [0.05, 0.1) is 0 Å². The molecule has 3 aromatic rings. The normalized spacial score (nSPS) is 14.6. The van der Waals surface area contributed by atoms with Crippen LogP contribution in [-0.2, 0) is 27.4 Å². The van der Waals surface area contributed by atoms with Gasteiger partial charge in [0.25, 0.3) is 5.91 Å². The van der Waals surface area contributed by atoms with Crippen LogP contribution in [-0.4, -0.2) is 58.1 Å². The van der Waals surface area contributed by atoms with Crippen molar-refractivity contribution in [3.8, 4) is 11.1 Å². The maximum absolute atomic E-state index is 13.6. The largest absolute Gasteiger partial charge is 0.375 e. The molecule has 3 heterocycles. The van der Waals surface area contributed by atoms with Crippen molar-refractivity contribution in [3.63, 3.8) is 0 Å². The summed E-state index contributed by atoms with van der Waals surface area (Å²) in [6.45, 7) is 5.78. The summed E-state index contributed by atoms with van der Waals surface area (Å²) in [4.78, 5) is 51.2. The highest BCUT2D eigenvalue weighted by Crippen LogP contribution is 2.30. The lowest BCUT2D eigenvalue weighted by molar-refractivity contribution is -0.132. The summed E-state index contributed by atoms with van der Waals surface area (Å²) in [7, 11) is 1.53. The first-order valence-electron chi connectivity index (χ1n) is 14.5. The van der Waals surface area contributed by atoms with Crippen molar-refractivity contribution in [3.05, 3.63) is 76.2 Å². The average molecular weight is 560 g/mol. The van der Waals surface area contributed by atoms with Gasteiger partial charge in [0.2, 0.25) is 5.91 Å². The molecular weight excluding hydrogens is 518 g/mol. The standard InChI is InChI=1S/C32H41N5O4/c1-24-19-25(2)36(32(40)34-24)18-10-12-30(38)35-16-7-5-4-6-8-17-37(31(39)23-41-3)29-14-13-26(20-28(29)22-35)27-11-9-15-33-21-27/h9,11,13-15,19-21H,4-8,10,12,16-18,22-23H2,1-3H3. The van der Waals surface area contributed by atoms with E-state index in [1.807, 2.05) is 53.3 Å². The molecule has 2 amide bonds. The lowest BCUT2D eigenvalue weighted by atomic mass is 10.0. The van der Waals surface area contributed by atoms with E-state index in [1.54, 1.807) is 17.7 Å². The van der Waals surface area contributed by atoms with Crippen molar-refractivity contribution in [1.82, 2.24) is 19.4 Å². The number of benzene rings is 1. The van der Waals surface area contributed by atoms with E-state index >= 15 is 0 Å². The molecule has 0 spiro atoms. The molecule has 0 atom stereocenters. The molecular formula is C32H41N5O4. The first-order valence-corrected chi connectivity index (χ1v) is 14.5. The number of nitrogens with zero attached hydrogens (tertiary/aromatic N) is 5. The Hall–Kier alpha value is -3.85. The Kier molecular flexibility index (Phi) is 10.8. The quantitative estimate of drug-likeness (QED) is 0.417. The molecule has 2 aromatic heterocycles. The van der Waals surface area contributed by atoms with Gasteiger partial charge in [-0.2, -0.15) is 4.98 Å². The highest BCUT2D eigenvalue weighted by Gasteiger charge is 2.23. The SMILES string of the molecule is COCC(=O)N1CCCCCCCN(C(=O)CCCn2c(C)cc(C)nc2=O)Cc2cc(-c3cccnc3)ccc21. The molecule has 0 fully saturated rings. The van der Waals surface area contributed by atoms with Crippen molar-refractivity contribution in [2.75, 3.05) is 31.7 Å². The molecule has 0 saturated carbocycles. The predicted octanol–water partition coefficient (Wildman–Crippen LogP) is 4.67. The summed E-state index contributed by atoms with van der Waals surface area (Å²) in [5.41, 5.74) is 4.95. The van der Waals surface area contributed by atoms with Gasteiger partial charge >= 0.3 is 5.69 Å². The molecule has 4 rings (SSSR count). The van der Waals surface area contributed by atoms with Crippen LogP contribution in [0.3, 0.4) is 0 Å². The molecule has 1 aliphatic heterocycles. The number of anilines is 1. The molecule has 218 valence electrons. The van der Waals surface area contributed by atoms with Gasteiger partial charge in [0, 0.05) is 69.2 Å². The Morgan fingerprint density at radius 3 is 2.46 bits per heavy atom. The molecule has 0 N–H and O–H groups in total. The fourth-order valence-corrected chi connectivity index (χ4v) is 5.46. The van der Waals surface area contributed by atoms with Crippen LogP contribution in [0.1, 0.15) is 61.9 Å². The van der Waals surface area contributed by atoms with Gasteiger partial charge in [0.15, 0.2) is 0 Å². The van der Waals surface area contributed by atoms with E-state index in [1.165, 1.54) is 7.11 Å². The highest BCUT2D eigenvalue weighted by atomic mass is 16.5. The number of rotatable bonds is 7. The van der Waals surface area contributed by atoms with Crippen LogP contribution in [0, 0.1) is 13.8 Å². The average Bonchev–Trinajstić information content (AvgIpc) is 2.95. The smallest absolute Gasteiger partial charge is 0.347 e. The van der Waals surface area contributed by atoms with E-state index in [0.29, 0.717) is 44.7 Å². The predicted molar refractivity (Wildman–Crippen MR) is 160 cm³/mol. The van der Waals surface area contributed by atoms with E-state index in [0.717, 1.165) is 60.2 Å². The van der Waals surface area contributed by atoms with E-state index < -0.39 is 0 Å². The van der Waals surface area contributed by atoms with Crippen LogP contribution >= 0.6 is 0 Å². The van der Waals surface area contributed by atoms with Gasteiger partial charge in [-0.3, -0.25) is 19.1 Å². The molecule has 9 nitrogen and oxygen atoms in total. The Labute approximate surface area is 242 Å². The Morgan fingerprint density at radius 2 is 1.73 bits per heavy atom. The number of carbonyl (C=O) groups excluding carboxylic acids is 2. The third-order valence-corrected chi connectivity index (χ3v) is 7.58. The van der Waals surface area contributed by atoms with Crippen molar-refractivity contribution < 1.29 is 14.3 Å². The van der Waals surface area contributed by atoms with Gasteiger partial charge in [-0.05, 0) is 74.1 Å². The number of hydrogen-bond acceptors (Lipinski definition) is 6. The molecule has 0 saturated heterocycles. The molecule has 0 radical (unpaired) electrons. The molecule has 41 heavy (non-hydrogen) atoms.